The third-order valence-electron chi connectivity index (χ3n) is 6.86. The highest BCUT2D eigenvalue weighted by Gasteiger charge is 2.36. The van der Waals surface area contributed by atoms with E-state index in [0.717, 1.165) is 22.3 Å². The van der Waals surface area contributed by atoms with Crippen molar-refractivity contribution in [3.05, 3.63) is 71.4 Å². The molecular formula is C26H25N3O6. The maximum Gasteiger partial charge on any atom is 0.414 e. The molecule has 2 aliphatic rings. The van der Waals surface area contributed by atoms with Gasteiger partial charge in [-0.3, -0.25) is 14.9 Å². The molecule has 2 aromatic carbocycles. The van der Waals surface area contributed by atoms with E-state index in [1.807, 2.05) is 36.4 Å². The summed E-state index contributed by atoms with van der Waals surface area (Å²) in [5.74, 6) is -2.09. The van der Waals surface area contributed by atoms with Crippen molar-refractivity contribution in [2.24, 2.45) is 5.92 Å². The zero-order chi connectivity index (χ0) is 24.5. The lowest BCUT2D eigenvalue weighted by Gasteiger charge is -2.36. The number of carbonyl (C=O) groups is 3. The molecule has 9 heteroatoms. The lowest BCUT2D eigenvalue weighted by atomic mass is 9.90. The number of carboxylic acids is 1. The fourth-order valence-corrected chi connectivity index (χ4v) is 5.08. The Hall–Kier alpha value is -4.14. The average molecular weight is 476 g/mol. The summed E-state index contributed by atoms with van der Waals surface area (Å²) in [6.45, 7) is 2.29. The fourth-order valence-electron chi connectivity index (χ4n) is 5.08. The van der Waals surface area contributed by atoms with Crippen LogP contribution in [0, 0.1) is 5.92 Å². The number of hydrogen-bond acceptors (Lipinski definition) is 6. The molecule has 2 amide bonds. The highest BCUT2D eigenvalue weighted by atomic mass is 16.6. The van der Waals surface area contributed by atoms with E-state index in [-0.39, 0.29) is 24.1 Å². The van der Waals surface area contributed by atoms with Crippen LogP contribution in [0.15, 0.2) is 59.1 Å². The van der Waals surface area contributed by atoms with E-state index in [1.165, 1.54) is 11.0 Å². The van der Waals surface area contributed by atoms with Gasteiger partial charge in [-0.05, 0) is 42.0 Å². The van der Waals surface area contributed by atoms with E-state index in [0.29, 0.717) is 19.4 Å². The molecule has 0 saturated carbocycles. The number of nitrogens with zero attached hydrogens (tertiary/aromatic N) is 2. The van der Waals surface area contributed by atoms with Gasteiger partial charge in [-0.15, -0.1) is 0 Å². The van der Waals surface area contributed by atoms with Crippen LogP contribution < -0.4 is 5.32 Å². The molecular weight excluding hydrogens is 450 g/mol. The number of piperidine rings is 1. The number of aromatic nitrogens is 1. The molecule has 1 aliphatic carbocycles. The fraction of sp³-hybridized carbons (Fsp3) is 0.308. The number of likely N-dealkylation sites (tertiary alicyclic amines) is 1. The summed E-state index contributed by atoms with van der Waals surface area (Å²) in [7, 11) is 0. The van der Waals surface area contributed by atoms with E-state index in [4.69, 9.17) is 9.26 Å². The first-order chi connectivity index (χ1) is 16.9. The lowest BCUT2D eigenvalue weighted by Crippen LogP contribution is -2.49. The Morgan fingerprint density at radius 2 is 1.77 bits per heavy atom. The Bertz CT molecular complexity index is 1240. The van der Waals surface area contributed by atoms with Crippen LogP contribution in [0.5, 0.6) is 0 Å². The van der Waals surface area contributed by atoms with Crippen molar-refractivity contribution in [3.8, 4) is 11.1 Å². The molecule has 9 nitrogen and oxygen atoms in total. The number of rotatable bonds is 5. The van der Waals surface area contributed by atoms with Crippen molar-refractivity contribution in [1.82, 2.24) is 10.1 Å². The number of aliphatic carboxylic acids is 1. The number of benzene rings is 2. The Balaban J connectivity index is 1.22. The van der Waals surface area contributed by atoms with Crippen LogP contribution in [-0.4, -0.2) is 52.3 Å². The standard InChI is InChI=1S/C26H25N3O6/c1-15-16(25(31)32)11-6-12-29(15)24(30)22-13-23(35-28-22)27-26(33)34-14-21-19-9-4-2-7-17(19)18-8-3-5-10-20(18)21/h2-5,7-10,13,15-16,21H,6,11-12,14H2,1H3,(H,27,33)(H,31,32)/t15-,16-/m1/s1. The smallest absolute Gasteiger partial charge is 0.414 e. The SMILES string of the molecule is C[C@@H]1[C@H](C(=O)O)CCCN1C(=O)c1cc(NC(=O)OCC2c3ccccc3-c3ccccc32)on1. The van der Waals surface area contributed by atoms with Crippen LogP contribution in [-0.2, 0) is 9.53 Å². The Morgan fingerprint density at radius 3 is 2.43 bits per heavy atom. The quantitative estimate of drug-likeness (QED) is 0.562. The van der Waals surface area contributed by atoms with E-state index in [2.05, 4.69) is 22.6 Å². The van der Waals surface area contributed by atoms with Gasteiger partial charge >= 0.3 is 12.1 Å². The predicted molar refractivity (Wildman–Crippen MR) is 126 cm³/mol. The Kier molecular flexibility index (Phi) is 5.98. The second-order valence-electron chi connectivity index (χ2n) is 8.85. The minimum Gasteiger partial charge on any atom is -0.481 e. The summed E-state index contributed by atoms with van der Waals surface area (Å²) in [5.41, 5.74) is 4.46. The first kappa shape index (κ1) is 22.6. The van der Waals surface area contributed by atoms with E-state index in [1.54, 1.807) is 6.92 Å². The van der Waals surface area contributed by atoms with Gasteiger partial charge in [-0.25, -0.2) is 4.79 Å². The maximum absolute atomic E-state index is 12.9. The number of anilines is 1. The molecule has 35 heavy (non-hydrogen) atoms. The Morgan fingerprint density at radius 1 is 1.11 bits per heavy atom. The molecule has 1 fully saturated rings. The first-order valence-corrected chi connectivity index (χ1v) is 11.6. The van der Waals surface area contributed by atoms with E-state index in [9.17, 15) is 19.5 Å². The highest BCUT2D eigenvalue weighted by molar-refractivity contribution is 5.94. The summed E-state index contributed by atoms with van der Waals surface area (Å²) in [6, 6.07) is 16.9. The molecule has 0 bridgehead atoms. The van der Waals surface area contributed by atoms with Gasteiger partial charge in [0.1, 0.15) is 6.61 Å². The molecule has 180 valence electrons. The van der Waals surface area contributed by atoms with Crippen LogP contribution in [0.4, 0.5) is 10.7 Å². The van der Waals surface area contributed by atoms with Gasteiger partial charge in [-0.2, -0.15) is 0 Å². The van der Waals surface area contributed by atoms with Crippen LogP contribution in [0.3, 0.4) is 0 Å². The monoisotopic (exact) mass is 475 g/mol. The number of hydrogen-bond donors (Lipinski definition) is 2. The van der Waals surface area contributed by atoms with Crippen molar-refractivity contribution in [2.45, 2.75) is 31.7 Å². The van der Waals surface area contributed by atoms with E-state index < -0.39 is 29.9 Å². The van der Waals surface area contributed by atoms with Gasteiger partial charge in [-0.1, -0.05) is 53.7 Å². The van der Waals surface area contributed by atoms with Crippen molar-refractivity contribution in [2.75, 3.05) is 18.5 Å². The van der Waals surface area contributed by atoms with Crippen LogP contribution >= 0.6 is 0 Å². The summed E-state index contributed by atoms with van der Waals surface area (Å²) in [4.78, 5) is 38.3. The van der Waals surface area contributed by atoms with Crippen molar-refractivity contribution in [3.63, 3.8) is 0 Å². The second-order valence-corrected chi connectivity index (χ2v) is 8.85. The lowest BCUT2D eigenvalue weighted by molar-refractivity contribution is -0.145. The molecule has 0 unspecified atom stereocenters. The molecule has 1 saturated heterocycles. The second kappa shape index (κ2) is 9.25. The van der Waals surface area contributed by atoms with Gasteiger partial charge in [0.05, 0.1) is 5.92 Å². The predicted octanol–water partition coefficient (Wildman–Crippen LogP) is 4.36. The summed E-state index contributed by atoms with van der Waals surface area (Å²) in [5, 5.41) is 15.6. The van der Waals surface area contributed by atoms with Crippen LogP contribution in [0.1, 0.15) is 47.3 Å². The maximum atomic E-state index is 12.9. The van der Waals surface area contributed by atoms with Crippen LogP contribution in [0.25, 0.3) is 11.1 Å². The number of fused-ring (bicyclic) bond motifs is 3. The molecule has 1 aliphatic heterocycles. The number of ether oxygens (including phenoxy) is 1. The molecule has 2 N–H and O–H groups in total. The largest absolute Gasteiger partial charge is 0.481 e. The molecule has 2 heterocycles. The van der Waals surface area contributed by atoms with Crippen molar-refractivity contribution < 1.29 is 28.8 Å². The van der Waals surface area contributed by atoms with Gasteiger partial charge in [0.15, 0.2) is 5.69 Å². The van der Waals surface area contributed by atoms with Gasteiger partial charge < -0.3 is 19.3 Å². The highest BCUT2D eigenvalue weighted by Crippen LogP contribution is 2.44. The third-order valence-corrected chi connectivity index (χ3v) is 6.86. The minimum atomic E-state index is -0.923. The molecule has 0 radical (unpaired) electrons. The molecule has 0 spiro atoms. The number of carboxylic acid groups (broad SMARTS) is 1. The zero-order valence-electron chi connectivity index (χ0n) is 19.1. The summed E-state index contributed by atoms with van der Waals surface area (Å²) < 4.78 is 10.6. The van der Waals surface area contributed by atoms with Gasteiger partial charge in [0.2, 0.25) is 5.88 Å². The molecule has 2 atom stereocenters. The number of amides is 2. The van der Waals surface area contributed by atoms with Crippen molar-refractivity contribution >= 4 is 23.9 Å². The topological polar surface area (TPSA) is 122 Å². The molecule has 3 aromatic rings. The first-order valence-electron chi connectivity index (χ1n) is 11.6. The average Bonchev–Trinajstić information content (AvgIpc) is 3.45. The summed E-state index contributed by atoms with van der Waals surface area (Å²) in [6.07, 6.45) is 0.392. The number of nitrogens with one attached hydrogen (secondary N) is 1. The number of carbonyl (C=O) groups excluding carboxylic acids is 2. The molecule has 1 aromatic heterocycles. The van der Waals surface area contributed by atoms with Gasteiger partial charge in [0.25, 0.3) is 5.91 Å². The summed E-state index contributed by atoms with van der Waals surface area (Å²) >= 11 is 0. The van der Waals surface area contributed by atoms with Crippen molar-refractivity contribution in [1.29, 1.82) is 0 Å². The zero-order valence-corrected chi connectivity index (χ0v) is 19.1. The minimum absolute atomic E-state index is 0.00293. The van der Waals surface area contributed by atoms with Gasteiger partial charge in [0, 0.05) is 24.6 Å². The normalized spacial score (nSPS) is 19.1. The third kappa shape index (κ3) is 4.25. The Labute approximate surface area is 201 Å². The molecule has 5 rings (SSSR count). The van der Waals surface area contributed by atoms with E-state index >= 15 is 0 Å². The van der Waals surface area contributed by atoms with Crippen LogP contribution in [0.2, 0.25) is 0 Å².